The van der Waals surface area contributed by atoms with Crippen LogP contribution in [-0.4, -0.2) is 83.2 Å². The summed E-state index contributed by atoms with van der Waals surface area (Å²) in [6, 6.07) is 5.26. The smallest absolute Gasteiger partial charge is 0.259 e. The Morgan fingerprint density at radius 3 is 2.65 bits per heavy atom. The van der Waals surface area contributed by atoms with Crippen LogP contribution in [0.25, 0.3) is 0 Å². The van der Waals surface area contributed by atoms with Crippen molar-refractivity contribution in [3.05, 3.63) is 45.6 Å². The molecule has 1 aromatic carbocycles. The van der Waals surface area contributed by atoms with Gasteiger partial charge in [0.15, 0.2) is 0 Å². The van der Waals surface area contributed by atoms with E-state index in [1.54, 1.807) is 12.3 Å². The molecule has 2 N–H and O–H groups in total. The minimum Gasteiger partial charge on any atom is -0.395 e. The molecule has 8 nitrogen and oxygen atoms in total. The van der Waals surface area contributed by atoms with Crippen molar-refractivity contribution < 1.29 is 9.90 Å². The third-order valence-corrected chi connectivity index (χ3v) is 8.56. The number of amides is 1. The Hall–Kier alpha value is -2.13. The van der Waals surface area contributed by atoms with Crippen LogP contribution in [0.3, 0.4) is 0 Å². The van der Waals surface area contributed by atoms with E-state index in [4.69, 9.17) is 28.2 Å². The quantitative estimate of drug-likeness (QED) is 0.509. The van der Waals surface area contributed by atoms with Crippen LogP contribution in [-0.2, 0) is 0 Å². The number of aliphatic hydroxyl groups excluding tert-OH is 1. The molecular formula is C27H36Cl2N6O2. The topological polar surface area (TPSA) is 84.8 Å². The first-order valence-electron chi connectivity index (χ1n) is 13.4. The molecule has 200 valence electrons. The number of carbonyl (C=O) groups excluding carboxylic acids is 1. The normalized spacial score (nSPS) is 21.7. The number of carbonyl (C=O) groups is 1. The second-order valence-electron chi connectivity index (χ2n) is 10.6. The molecule has 5 rings (SSSR count). The molecule has 1 unspecified atom stereocenters. The maximum atomic E-state index is 13.3. The average Bonchev–Trinajstić information content (AvgIpc) is 3.38. The van der Waals surface area contributed by atoms with E-state index in [1.165, 1.54) is 12.8 Å². The first-order chi connectivity index (χ1) is 17.9. The third kappa shape index (κ3) is 5.98. The molecule has 3 aliphatic heterocycles. The van der Waals surface area contributed by atoms with Gasteiger partial charge in [-0.15, -0.1) is 0 Å². The highest BCUT2D eigenvalue weighted by Gasteiger charge is 2.37. The molecule has 4 heterocycles. The molecule has 0 aliphatic carbocycles. The van der Waals surface area contributed by atoms with Gasteiger partial charge in [-0.05, 0) is 68.7 Å². The summed E-state index contributed by atoms with van der Waals surface area (Å²) in [6.07, 6.45) is 6.14. The Labute approximate surface area is 229 Å². The number of piperidine rings is 1. The van der Waals surface area contributed by atoms with Gasteiger partial charge in [-0.1, -0.05) is 29.3 Å². The monoisotopic (exact) mass is 546 g/mol. The van der Waals surface area contributed by atoms with Crippen LogP contribution in [0.15, 0.2) is 24.4 Å². The van der Waals surface area contributed by atoms with Gasteiger partial charge in [-0.25, -0.2) is 4.98 Å². The Morgan fingerprint density at radius 2 is 1.92 bits per heavy atom. The minimum atomic E-state index is -0.179. The number of nitrogens with zero attached hydrogens (tertiary/aromatic N) is 5. The molecular weight excluding hydrogens is 511 g/mol. The van der Waals surface area contributed by atoms with E-state index in [9.17, 15) is 9.90 Å². The van der Waals surface area contributed by atoms with Gasteiger partial charge in [-0.3, -0.25) is 4.79 Å². The summed E-state index contributed by atoms with van der Waals surface area (Å²) in [6.45, 7) is 8.46. The zero-order valence-corrected chi connectivity index (χ0v) is 22.9. The molecule has 0 saturated carbocycles. The number of halogens is 2. The number of aromatic nitrogens is 2. The molecule has 10 heteroatoms. The number of aliphatic hydroxyl groups is 1. The molecule has 3 saturated heterocycles. The van der Waals surface area contributed by atoms with Crippen LogP contribution < -0.4 is 10.2 Å². The fraction of sp³-hybridized carbons (Fsp3) is 0.593. The van der Waals surface area contributed by atoms with E-state index in [0.29, 0.717) is 39.2 Å². The number of benzene rings is 1. The third-order valence-electron chi connectivity index (χ3n) is 8.00. The van der Waals surface area contributed by atoms with Crippen LogP contribution in [0.2, 0.25) is 10.0 Å². The Morgan fingerprint density at radius 1 is 1.14 bits per heavy atom. The maximum Gasteiger partial charge on any atom is 0.259 e. The summed E-state index contributed by atoms with van der Waals surface area (Å²) in [4.78, 5) is 29.3. The van der Waals surface area contributed by atoms with E-state index in [2.05, 4.69) is 20.1 Å². The number of anilines is 2. The number of hydrogen-bond acceptors (Lipinski definition) is 7. The standard InChI is InChI=1S/C27H36Cl2N6O2/c1-18(22-7-6-21(28)13-24(22)29)31-25-23(26(37)34-9-2-3-10-34)14-30-27(32-25)35-16-20(17-35)19-5-4-8-33(15-19)11-12-36/h6-7,13-14,18-20,36H,2-5,8-12,15-17H2,1H3,(H,30,31,32)/t18?,19-/m0/s1. The van der Waals surface area contributed by atoms with Crippen LogP contribution >= 0.6 is 23.2 Å². The lowest BCUT2D eigenvalue weighted by molar-refractivity contribution is 0.0793. The van der Waals surface area contributed by atoms with Crippen molar-refractivity contribution in [1.82, 2.24) is 19.8 Å². The van der Waals surface area contributed by atoms with E-state index < -0.39 is 0 Å². The fourth-order valence-corrected chi connectivity index (χ4v) is 6.38. The Bertz CT molecular complexity index is 1100. The van der Waals surface area contributed by atoms with Crippen LogP contribution in [0, 0.1) is 11.8 Å². The van der Waals surface area contributed by atoms with Crippen molar-refractivity contribution >= 4 is 40.9 Å². The maximum absolute atomic E-state index is 13.3. The van der Waals surface area contributed by atoms with Gasteiger partial charge in [0.2, 0.25) is 5.95 Å². The fourth-order valence-electron chi connectivity index (χ4n) is 5.81. The molecule has 1 aromatic heterocycles. The summed E-state index contributed by atoms with van der Waals surface area (Å²) < 4.78 is 0. The molecule has 1 amide bonds. The van der Waals surface area contributed by atoms with Crippen LogP contribution in [0.4, 0.5) is 11.8 Å². The van der Waals surface area contributed by atoms with Crippen molar-refractivity contribution in [3.63, 3.8) is 0 Å². The van der Waals surface area contributed by atoms with Crippen LogP contribution in [0.1, 0.15) is 54.6 Å². The highest BCUT2D eigenvalue weighted by atomic mass is 35.5. The molecule has 2 atom stereocenters. The predicted molar refractivity (Wildman–Crippen MR) is 148 cm³/mol. The van der Waals surface area contributed by atoms with Gasteiger partial charge < -0.3 is 25.1 Å². The highest BCUT2D eigenvalue weighted by molar-refractivity contribution is 6.35. The molecule has 0 bridgehead atoms. The lowest BCUT2D eigenvalue weighted by atomic mass is 9.81. The van der Waals surface area contributed by atoms with Gasteiger partial charge in [0.25, 0.3) is 5.91 Å². The van der Waals surface area contributed by atoms with Gasteiger partial charge in [0.1, 0.15) is 11.4 Å². The number of nitrogens with one attached hydrogen (secondary N) is 1. The van der Waals surface area contributed by atoms with Gasteiger partial charge >= 0.3 is 0 Å². The second kappa shape index (κ2) is 11.7. The van der Waals surface area contributed by atoms with Gasteiger partial charge in [0, 0.05) is 55.5 Å². The molecule has 0 radical (unpaired) electrons. The average molecular weight is 548 g/mol. The number of likely N-dealkylation sites (tertiary alicyclic amines) is 2. The molecule has 2 aromatic rings. The molecule has 0 spiro atoms. The lowest BCUT2D eigenvalue weighted by Gasteiger charge is -2.46. The SMILES string of the molecule is CC(Nc1nc(N2CC([C@H]3CCCN(CCO)C3)C2)ncc1C(=O)N1CCCC1)c1ccc(Cl)cc1Cl. The zero-order valence-electron chi connectivity index (χ0n) is 21.4. The minimum absolute atomic E-state index is 0.0337. The first-order valence-corrected chi connectivity index (χ1v) is 14.1. The number of β-amino-alcohol motifs (C(OH)–C–C–N with tert-alkyl or cyclic N) is 1. The van der Waals surface area contributed by atoms with E-state index in [-0.39, 0.29) is 18.6 Å². The first kappa shape index (κ1) is 26.5. The number of hydrogen-bond donors (Lipinski definition) is 2. The zero-order chi connectivity index (χ0) is 25.9. The Balaban J connectivity index is 1.33. The van der Waals surface area contributed by atoms with Crippen molar-refractivity contribution in [2.75, 3.05) is 62.6 Å². The van der Waals surface area contributed by atoms with Crippen molar-refractivity contribution in [1.29, 1.82) is 0 Å². The summed E-state index contributed by atoms with van der Waals surface area (Å²) in [5.41, 5.74) is 1.38. The van der Waals surface area contributed by atoms with E-state index >= 15 is 0 Å². The summed E-state index contributed by atoms with van der Waals surface area (Å²) in [5, 5.41) is 13.9. The number of rotatable bonds is 8. The molecule has 37 heavy (non-hydrogen) atoms. The highest BCUT2D eigenvalue weighted by Crippen LogP contribution is 2.34. The second-order valence-corrected chi connectivity index (χ2v) is 11.4. The predicted octanol–water partition coefficient (Wildman–Crippen LogP) is 4.33. The van der Waals surface area contributed by atoms with Crippen molar-refractivity contribution in [3.8, 4) is 0 Å². The van der Waals surface area contributed by atoms with Crippen molar-refractivity contribution in [2.24, 2.45) is 11.8 Å². The summed E-state index contributed by atoms with van der Waals surface area (Å²) in [7, 11) is 0. The van der Waals surface area contributed by atoms with E-state index in [1.807, 2.05) is 24.0 Å². The lowest BCUT2D eigenvalue weighted by Crippen LogP contribution is -2.54. The molecule has 3 fully saturated rings. The van der Waals surface area contributed by atoms with Crippen LogP contribution in [0.5, 0.6) is 0 Å². The Kier molecular flexibility index (Phi) is 8.39. The van der Waals surface area contributed by atoms with Gasteiger partial charge in [0.05, 0.1) is 12.6 Å². The van der Waals surface area contributed by atoms with E-state index in [0.717, 1.165) is 64.2 Å². The van der Waals surface area contributed by atoms with Crippen molar-refractivity contribution in [2.45, 2.75) is 38.6 Å². The summed E-state index contributed by atoms with van der Waals surface area (Å²) in [5.74, 6) is 2.38. The molecule has 3 aliphatic rings. The van der Waals surface area contributed by atoms with Gasteiger partial charge in [-0.2, -0.15) is 4.98 Å². The largest absolute Gasteiger partial charge is 0.395 e. The summed E-state index contributed by atoms with van der Waals surface area (Å²) >= 11 is 12.6.